The minimum atomic E-state index is -0.415. The molecule has 2 aliphatic rings. The van der Waals surface area contributed by atoms with E-state index in [2.05, 4.69) is 33.2 Å². The van der Waals surface area contributed by atoms with Gasteiger partial charge in [0.1, 0.15) is 0 Å². The first-order valence-corrected chi connectivity index (χ1v) is 7.43. The number of carbonyl (C=O) groups excluding carboxylic acids is 2. The second-order valence-corrected chi connectivity index (χ2v) is 5.63. The Labute approximate surface area is 121 Å². The predicted molar refractivity (Wildman–Crippen MR) is 76.1 cm³/mol. The standard InChI is InChI=1S/C12H19BrN4O2/c1-3-4-5-6-7-17-8-9(14-11(17)13)16(2)12(19)15-10(8)18/h8-9H,3-7H2,1-2H3,(H,15,18,19). The average molecular weight is 331 g/mol. The monoisotopic (exact) mass is 330 g/mol. The number of rotatable bonds is 5. The fourth-order valence-electron chi connectivity index (χ4n) is 2.43. The molecule has 0 aliphatic carbocycles. The molecule has 7 heteroatoms. The predicted octanol–water partition coefficient (Wildman–Crippen LogP) is 1.51. The van der Waals surface area contributed by atoms with Gasteiger partial charge in [-0.1, -0.05) is 26.2 Å². The van der Waals surface area contributed by atoms with E-state index in [-0.39, 0.29) is 11.9 Å². The van der Waals surface area contributed by atoms with Crippen LogP contribution in [0.1, 0.15) is 32.6 Å². The molecular weight excluding hydrogens is 312 g/mol. The van der Waals surface area contributed by atoms with Gasteiger partial charge in [0.25, 0.3) is 5.91 Å². The zero-order chi connectivity index (χ0) is 14.0. The first kappa shape index (κ1) is 14.3. The lowest BCUT2D eigenvalue weighted by Crippen LogP contribution is -2.63. The van der Waals surface area contributed by atoms with Crippen molar-refractivity contribution >= 4 is 32.6 Å². The molecule has 6 nitrogen and oxygen atoms in total. The van der Waals surface area contributed by atoms with E-state index in [9.17, 15) is 9.59 Å². The fourth-order valence-corrected chi connectivity index (χ4v) is 3.04. The molecule has 0 spiro atoms. The van der Waals surface area contributed by atoms with E-state index in [0.717, 1.165) is 19.4 Å². The van der Waals surface area contributed by atoms with Crippen molar-refractivity contribution in [2.75, 3.05) is 13.6 Å². The number of likely N-dealkylation sites (N-methyl/N-ethyl adjacent to an activating group) is 1. The summed E-state index contributed by atoms with van der Waals surface area (Å²) < 4.78 is 0.663. The van der Waals surface area contributed by atoms with Crippen LogP contribution in [0.2, 0.25) is 0 Å². The molecule has 1 saturated heterocycles. The molecule has 19 heavy (non-hydrogen) atoms. The van der Waals surface area contributed by atoms with E-state index in [1.54, 1.807) is 7.05 Å². The maximum absolute atomic E-state index is 12.0. The second kappa shape index (κ2) is 5.90. The number of halogens is 1. The van der Waals surface area contributed by atoms with Crippen molar-refractivity contribution in [1.29, 1.82) is 0 Å². The number of urea groups is 1. The number of nitrogens with zero attached hydrogens (tertiary/aromatic N) is 3. The maximum Gasteiger partial charge on any atom is 0.325 e. The molecule has 2 heterocycles. The zero-order valence-corrected chi connectivity index (χ0v) is 12.8. The second-order valence-electron chi connectivity index (χ2n) is 4.92. The summed E-state index contributed by atoms with van der Waals surface area (Å²) >= 11 is 3.40. The smallest absolute Gasteiger partial charge is 0.325 e. The Morgan fingerprint density at radius 3 is 2.74 bits per heavy atom. The Morgan fingerprint density at radius 2 is 2.05 bits per heavy atom. The zero-order valence-electron chi connectivity index (χ0n) is 11.2. The topological polar surface area (TPSA) is 65.0 Å². The minimum absolute atomic E-state index is 0.262. The molecule has 106 valence electrons. The molecule has 2 atom stereocenters. The van der Waals surface area contributed by atoms with Crippen molar-refractivity contribution < 1.29 is 9.59 Å². The Bertz CT molecular complexity index is 413. The number of nitrogens with one attached hydrogen (secondary N) is 1. The molecule has 1 N–H and O–H groups in total. The largest absolute Gasteiger partial charge is 0.335 e. The number of hydrogen-bond acceptors (Lipinski definition) is 4. The Morgan fingerprint density at radius 1 is 1.32 bits per heavy atom. The third kappa shape index (κ3) is 2.75. The first-order chi connectivity index (χ1) is 9.06. The number of imide groups is 1. The number of unbranched alkanes of at least 4 members (excludes halogenated alkanes) is 3. The molecule has 0 aromatic rings. The van der Waals surface area contributed by atoms with Crippen LogP contribution in [0.5, 0.6) is 0 Å². The lowest BCUT2D eigenvalue weighted by Gasteiger charge is -2.35. The van der Waals surface area contributed by atoms with Crippen LogP contribution in [-0.4, -0.2) is 52.3 Å². The van der Waals surface area contributed by atoms with Crippen molar-refractivity contribution in [3.63, 3.8) is 0 Å². The van der Waals surface area contributed by atoms with E-state index in [0.29, 0.717) is 4.74 Å². The summed E-state index contributed by atoms with van der Waals surface area (Å²) in [5, 5.41) is 2.36. The van der Waals surface area contributed by atoms with Crippen LogP contribution in [0.4, 0.5) is 4.79 Å². The number of amidine groups is 1. The molecule has 0 saturated carbocycles. The summed E-state index contributed by atoms with van der Waals surface area (Å²) in [6, 6.07) is -0.790. The highest BCUT2D eigenvalue weighted by molar-refractivity contribution is 9.18. The molecule has 0 radical (unpaired) electrons. The van der Waals surface area contributed by atoms with Crippen LogP contribution in [0.25, 0.3) is 0 Å². The van der Waals surface area contributed by atoms with E-state index in [4.69, 9.17) is 0 Å². The summed E-state index contributed by atoms with van der Waals surface area (Å²) in [5.41, 5.74) is 0. The summed E-state index contributed by atoms with van der Waals surface area (Å²) in [6.45, 7) is 2.94. The molecule has 1 fully saturated rings. The normalized spacial score (nSPS) is 26.4. The highest BCUT2D eigenvalue weighted by atomic mass is 79.9. The number of carbonyl (C=O) groups is 2. The van der Waals surface area contributed by atoms with Crippen molar-refractivity contribution in [3.8, 4) is 0 Å². The molecule has 3 amide bonds. The van der Waals surface area contributed by atoms with Crippen molar-refractivity contribution in [3.05, 3.63) is 0 Å². The van der Waals surface area contributed by atoms with Gasteiger partial charge in [0.05, 0.1) is 0 Å². The van der Waals surface area contributed by atoms with Crippen LogP contribution in [0, 0.1) is 0 Å². The van der Waals surface area contributed by atoms with Gasteiger partial charge >= 0.3 is 6.03 Å². The van der Waals surface area contributed by atoms with E-state index >= 15 is 0 Å². The summed E-state index contributed by atoms with van der Waals surface area (Å²) in [4.78, 5) is 31.3. The highest BCUT2D eigenvalue weighted by Crippen LogP contribution is 2.26. The molecular formula is C12H19BrN4O2. The molecule has 0 aromatic carbocycles. The van der Waals surface area contributed by atoms with Crippen LogP contribution >= 0.6 is 15.9 Å². The number of aliphatic imine (C=N–C) groups is 1. The molecule has 0 aromatic heterocycles. The van der Waals surface area contributed by atoms with Crippen LogP contribution in [0.15, 0.2) is 4.99 Å². The van der Waals surface area contributed by atoms with Crippen molar-refractivity contribution in [2.45, 2.75) is 44.8 Å². The van der Waals surface area contributed by atoms with E-state index in [1.165, 1.54) is 17.7 Å². The van der Waals surface area contributed by atoms with E-state index in [1.807, 2.05) is 4.90 Å². The average Bonchev–Trinajstić information content (AvgIpc) is 2.70. The lowest BCUT2D eigenvalue weighted by atomic mass is 10.1. The van der Waals surface area contributed by atoms with Crippen molar-refractivity contribution in [2.24, 2.45) is 4.99 Å². The molecule has 0 bridgehead atoms. The van der Waals surface area contributed by atoms with Crippen LogP contribution in [0.3, 0.4) is 0 Å². The third-order valence-corrected chi connectivity index (χ3v) is 4.22. The van der Waals surface area contributed by atoms with E-state index < -0.39 is 12.2 Å². The molecule has 2 unspecified atom stereocenters. The Hall–Kier alpha value is -1.11. The van der Waals surface area contributed by atoms with Gasteiger partial charge in [-0.3, -0.25) is 10.1 Å². The summed E-state index contributed by atoms with van der Waals surface area (Å²) in [5.74, 6) is -0.262. The number of fused-ring (bicyclic) bond motifs is 1. The van der Waals surface area contributed by atoms with Gasteiger partial charge in [-0.15, -0.1) is 0 Å². The lowest BCUT2D eigenvalue weighted by molar-refractivity contribution is -0.127. The van der Waals surface area contributed by atoms with Crippen LogP contribution in [-0.2, 0) is 4.79 Å². The number of hydrogen-bond donors (Lipinski definition) is 1. The minimum Gasteiger partial charge on any atom is -0.335 e. The maximum atomic E-state index is 12.0. The van der Waals surface area contributed by atoms with Crippen LogP contribution < -0.4 is 5.32 Å². The van der Waals surface area contributed by atoms with Gasteiger partial charge in [0.15, 0.2) is 17.0 Å². The summed E-state index contributed by atoms with van der Waals surface area (Å²) in [7, 11) is 1.66. The molecule has 2 aliphatic heterocycles. The van der Waals surface area contributed by atoms with Gasteiger partial charge in [0, 0.05) is 13.6 Å². The van der Waals surface area contributed by atoms with Gasteiger partial charge in [-0.25, -0.2) is 9.79 Å². The molecule has 2 rings (SSSR count). The summed E-state index contributed by atoms with van der Waals surface area (Å²) in [6.07, 6.45) is 4.12. The quantitative estimate of drug-likeness (QED) is 0.613. The Kier molecular flexibility index (Phi) is 4.44. The number of amides is 3. The fraction of sp³-hybridized carbons (Fsp3) is 0.750. The SMILES string of the molecule is CCCCCCN1C(Br)=NC2C1C(=O)NC(=O)N2C. The Balaban J connectivity index is 2.03. The van der Waals surface area contributed by atoms with Gasteiger partial charge in [-0.2, -0.15) is 0 Å². The first-order valence-electron chi connectivity index (χ1n) is 6.64. The van der Waals surface area contributed by atoms with Crippen molar-refractivity contribution in [1.82, 2.24) is 15.1 Å². The third-order valence-electron chi connectivity index (χ3n) is 3.56. The van der Waals surface area contributed by atoms with Gasteiger partial charge < -0.3 is 9.80 Å². The highest BCUT2D eigenvalue weighted by Gasteiger charge is 2.47. The van der Waals surface area contributed by atoms with Gasteiger partial charge in [0.2, 0.25) is 0 Å². The van der Waals surface area contributed by atoms with Gasteiger partial charge in [-0.05, 0) is 22.4 Å².